The smallest absolute Gasteiger partial charge is 0.454 e. The van der Waals surface area contributed by atoms with Crippen molar-refractivity contribution in [2.45, 2.75) is 11.1 Å². The van der Waals surface area contributed by atoms with Crippen molar-refractivity contribution in [1.29, 1.82) is 0 Å². The van der Waals surface area contributed by atoms with Gasteiger partial charge >= 0.3 is 6.18 Å². The van der Waals surface area contributed by atoms with E-state index in [4.69, 9.17) is 0 Å². The van der Waals surface area contributed by atoms with Gasteiger partial charge in [0.2, 0.25) is 0 Å². The lowest BCUT2D eigenvalue weighted by molar-refractivity contribution is -0.165. The van der Waals surface area contributed by atoms with Gasteiger partial charge in [-0.25, -0.2) is 8.42 Å². The van der Waals surface area contributed by atoms with Crippen LogP contribution in [-0.4, -0.2) is 31.7 Å². The molecule has 0 heterocycles. The Morgan fingerprint density at radius 1 is 1.04 bits per heavy atom. The Labute approximate surface area is 142 Å². The summed E-state index contributed by atoms with van der Waals surface area (Å²) in [6.45, 7) is 0. The van der Waals surface area contributed by atoms with Gasteiger partial charge in [0.25, 0.3) is 5.78 Å². The number of rotatable bonds is 4. The lowest BCUT2D eigenvalue weighted by Gasteiger charge is -2.07. The van der Waals surface area contributed by atoms with Gasteiger partial charge in [0.15, 0.2) is 9.84 Å². The number of carbonyl (C=O) groups excluding carboxylic acids is 1. The van der Waals surface area contributed by atoms with E-state index in [2.05, 4.69) is 0 Å². The molecule has 0 unspecified atom stereocenters. The van der Waals surface area contributed by atoms with E-state index in [9.17, 15) is 31.5 Å². The largest absolute Gasteiger partial charge is 0.507 e. The summed E-state index contributed by atoms with van der Waals surface area (Å²) >= 11 is 0. The van der Waals surface area contributed by atoms with E-state index in [1.165, 1.54) is 36.4 Å². The number of carbonyl (C=O) groups is 1. The van der Waals surface area contributed by atoms with Crippen LogP contribution in [0, 0.1) is 0 Å². The third kappa shape index (κ3) is 4.69. The van der Waals surface area contributed by atoms with Gasteiger partial charge in [0.05, 0.1) is 4.90 Å². The van der Waals surface area contributed by atoms with Crippen LogP contribution in [0.15, 0.2) is 59.5 Å². The molecule has 25 heavy (non-hydrogen) atoms. The van der Waals surface area contributed by atoms with Crippen LogP contribution in [0.25, 0.3) is 16.9 Å². The standard InChI is InChI=1S/C17H13F3O4S/c1-25(23,24)14-4-2-3-13(9-14)11-5-7-12(8-6-11)15(21)10-16(22)17(18,19)20/h2-10,21H,1H3. The minimum atomic E-state index is -5.06. The van der Waals surface area contributed by atoms with E-state index < -0.39 is 27.6 Å². The Balaban J connectivity index is 2.32. The molecule has 1 N–H and O–H groups in total. The van der Waals surface area contributed by atoms with Gasteiger partial charge in [0.1, 0.15) is 5.76 Å². The number of allylic oxidation sites excluding steroid dienone is 1. The van der Waals surface area contributed by atoms with Crippen molar-refractivity contribution >= 4 is 21.4 Å². The van der Waals surface area contributed by atoms with E-state index in [1.807, 2.05) is 0 Å². The second kappa shape index (κ2) is 6.72. The maximum absolute atomic E-state index is 12.2. The van der Waals surface area contributed by atoms with Crippen LogP contribution >= 0.6 is 0 Å². The predicted molar refractivity (Wildman–Crippen MR) is 86.7 cm³/mol. The predicted octanol–water partition coefficient (Wildman–Crippen LogP) is 3.79. The molecule has 0 spiro atoms. The van der Waals surface area contributed by atoms with E-state index in [-0.39, 0.29) is 16.5 Å². The normalized spacial score (nSPS) is 12.9. The third-order valence-electron chi connectivity index (χ3n) is 3.32. The SMILES string of the molecule is CS(=O)(=O)c1cccc(-c2ccc(C(O)=CC(=O)C(F)(F)F)cc2)c1. The summed E-state index contributed by atoms with van der Waals surface area (Å²) in [4.78, 5) is 11.0. The van der Waals surface area contributed by atoms with E-state index in [1.54, 1.807) is 12.1 Å². The molecule has 4 nitrogen and oxygen atoms in total. The molecule has 0 fully saturated rings. The first-order valence-corrected chi connectivity index (χ1v) is 8.80. The van der Waals surface area contributed by atoms with Gasteiger partial charge in [0, 0.05) is 17.9 Å². The summed E-state index contributed by atoms with van der Waals surface area (Å²) in [6, 6.07) is 11.8. The zero-order valence-electron chi connectivity index (χ0n) is 12.9. The summed E-state index contributed by atoms with van der Waals surface area (Å²) in [5.74, 6) is -2.96. The summed E-state index contributed by atoms with van der Waals surface area (Å²) < 4.78 is 59.7. The number of aliphatic hydroxyl groups is 1. The van der Waals surface area contributed by atoms with Gasteiger partial charge in [-0.2, -0.15) is 13.2 Å². The van der Waals surface area contributed by atoms with Crippen LogP contribution in [-0.2, 0) is 14.6 Å². The molecule has 2 rings (SSSR count). The maximum Gasteiger partial charge on any atom is 0.454 e. The number of ketones is 1. The molecule has 0 saturated carbocycles. The van der Waals surface area contributed by atoms with Crippen molar-refractivity contribution in [3.63, 3.8) is 0 Å². The second-order valence-electron chi connectivity index (χ2n) is 5.27. The van der Waals surface area contributed by atoms with Crippen molar-refractivity contribution in [3.8, 4) is 11.1 Å². The summed E-state index contributed by atoms with van der Waals surface area (Å²) in [6.07, 6.45) is -3.87. The molecule has 8 heteroatoms. The van der Waals surface area contributed by atoms with Crippen molar-refractivity contribution in [1.82, 2.24) is 0 Å². The van der Waals surface area contributed by atoms with Gasteiger partial charge in [-0.1, -0.05) is 36.4 Å². The Morgan fingerprint density at radius 2 is 1.64 bits per heavy atom. The summed E-state index contributed by atoms with van der Waals surface area (Å²) in [5.41, 5.74) is 1.22. The molecule has 0 saturated heterocycles. The zero-order chi connectivity index (χ0) is 18.8. The lowest BCUT2D eigenvalue weighted by atomic mass is 10.0. The number of aliphatic hydroxyl groups excluding tert-OH is 1. The number of halogens is 3. The molecule has 0 bridgehead atoms. The van der Waals surface area contributed by atoms with Crippen LogP contribution < -0.4 is 0 Å². The fraction of sp³-hybridized carbons (Fsp3) is 0.118. The minimum absolute atomic E-state index is 0.0283. The molecule has 0 aliphatic rings. The molecule has 0 aromatic heterocycles. The number of alkyl halides is 3. The monoisotopic (exact) mass is 370 g/mol. The molecular formula is C17H13F3O4S. The van der Waals surface area contributed by atoms with Gasteiger partial charge in [-0.3, -0.25) is 4.79 Å². The van der Waals surface area contributed by atoms with Crippen LogP contribution in [0.4, 0.5) is 13.2 Å². The Morgan fingerprint density at radius 3 is 2.16 bits per heavy atom. The number of sulfone groups is 1. The Bertz CT molecular complexity index is 927. The molecular weight excluding hydrogens is 357 g/mol. The highest BCUT2D eigenvalue weighted by Crippen LogP contribution is 2.25. The highest BCUT2D eigenvalue weighted by molar-refractivity contribution is 7.90. The molecule has 0 aliphatic heterocycles. The van der Waals surface area contributed by atoms with Crippen LogP contribution in [0.2, 0.25) is 0 Å². The van der Waals surface area contributed by atoms with Crippen molar-refractivity contribution in [2.75, 3.05) is 6.26 Å². The average molecular weight is 370 g/mol. The highest BCUT2D eigenvalue weighted by Gasteiger charge is 2.37. The Kier molecular flexibility index (Phi) is 5.03. The first kappa shape index (κ1) is 18.7. The maximum atomic E-state index is 12.2. The first-order chi connectivity index (χ1) is 11.5. The average Bonchev–Trinajstić information content (AvgIpc) is 2.53. The third-order valence-corrected chi connectivity index (χ3v) is 4.43. The van der Waals surface area contributed by atoms with Gasteiger partial charge in [-0.05, 0) is 23.3 Å². The molecule has 0 radical (unpaired) electrons. The van der Waals surface area contributed by atoms with Gasteiger partial charge < -0.3 is 5.11 Å². The lowest BCUT2D eigenvalue weighted by Crippen LogP contribution is -2.20. The van der Waals surface area contributed by atoms with Gasteiger partial charge in [-0.15, -0.1) is 0 Å². The molecule has 2 aromatic carbocycles. The van der Waals surface area contributed by atoms with Crippen molar-refractivity contribution in [3.05, 3.63) is 60.2 Å². The minimum Gasteiger partial charge on any atom is -0.507 e. The molecule has 0 aliphatic carbocycles. The highest BCUT2D eigenvalue weighted by atomic mass is 32.2. The second-order valence-corrected chi connectivity index (χ2v) is 7.28. The van der Waals surface area contributed by atoms with Crippen molar-refractivity contribution < 1.29 is 31.5 Å². The Hall–Kier alpha value is -2.61. The topological polar surface area (TPSA) is 71.4 Å². The molecule has 0 atom stereocenters. The molecule has 0 amide bonds. The molecule has 2 aromatic rings. The fourth-order valence-corrected chi connectivity index (χ4v) is 2.70. The first-order valence-electron chi connectivity index (χ1n) is 6.91. The van der Waals surface area contributed by atoms with Crippen LogP contribution in [0.5, 0.6) is 0 Å². The zero-order valence-corrected chi connectivity index (χ0v) is 13.7. The van der Waals surface area contributed by atoms with E-state index >= 15 is 0 Å². The van der Waals surface area contributed by atoms with Crippen LogP contribution in [0.3, 0.4) is 0 Å². The number of hydrogen-bond acceptors (Lipinski definition) is 4. The fourth-order valence-electron chi connectivity index (χ4n) is 2.03. The van der Waals surface area contributed by atoms with E-state index in [0.29, 0.717) is 11.1 Å². The number of hydrogen-bond donors (Lipinski definition) is 1. The number of benzene rings is 2. The van der Waals surface area contributed by atoms with Crippen molar-refractivity contribution in [2.24, 2.45) is 0 Å². The molecule has 132 valence electrons. The van der Waals surface area contributed by atoms with Crippen LogP contribution in [0.1, 0.15) is 5.56 Å². The quantitative estimate of drug-likeness (QED) is 0.657. The summed E-state index contributed by atoms with van der Waals surface area (Å²) in [7, 11) is -3.38. The van der Waals surface area contributed by atoms with E-state index in [0.717, 1.165) is 6.26 Å². The summed E-state index contributed by atoms with van der Waals surface area (Å²) in [5, 5.41) is 9.63.